The van der Waals surface area contributed by atoms with E-state index in [0.717, 1.165) is 33.3 Å². The lowest BCUT2D eigenvalue weighted by Gasteiger charge is -2.15. The quantitative estimate of drug-likeness (QED) is 0.401. The van der Waals surface area contributed by atoms with Gasteiger partial charge in [-0.25, -0.2) is 0 Å². The predicted molar refractivity (Wildman–Crippen MR) is 127 cm³/mol. The highest BCUT2D eigenvalue weighted by molar-refractivity contribution is 9.10. The summed E-state index contributed by atoms with van der Waals surface area (Å²) >= 11 is 3.52. The molecule has 1 amide bonds. The molecule has 4 rings (SSSR count). The first kappa shape index (κ1) is 20.9. The molecule has 0 aromatic heterocycles. The Kier molecular flexibility index (Phi) is 6.20. The fraction of sp³-hybridized carbons (Fsp3) is 0.154. The third kappa shape index (κ3) is 4.26. The number of hydrogen-bond donors (Lipinski definition) is 0. The summed E-state index contributed by atoms with van der Waals surface area (Å²) in [6.07, 6.45) is 2.78. The zero-order valence-electron chi connectivity index (χ0n) is 17.1. The van der Waals surface area contributed by atoms with Crippen LogP contribution >= 0.6 is 15.9 Å². The standard InChI is InChI=1S/C26H21BrN2O2/c1-2-13-29-24-10-6-5-9-22(24)23(26(29)30)15-20-14-21(27)11-12-25(20)31-17-19-8-4-3-7-18(19)16-28/h3-12,14-15H,2,13,17H2,1H3/b23-15-. The average molecular weight is 473 g/mol. The minimum absolute atomic E-state index is 0.00352. The van der Waals surface area contributed by atoms with Crippen molar-refractivity contribution >= 4 is 39.2 Å². The number of hydrogen-bond acceptors (Lipinski definition) is 3. The highest BCUT2D eigenvalue weighted by atomic mass is 79.9. The second-order valence-corrected chi connectivity index (χ2v) is 8.19. The van der Waals surface area contributed by atoms with Crippen LogP contribution in [0.3, 0.4) is 0 Å². The third-order valence-electron chi connectivity index (χ3n) is 5.20. The Bertz CT molecular complexity index is 1210. The Morgan fingerprint density at radius 3 is 2.68 bits per heavy atom. The van der Waals surface area contributed by atoms with Crippen LogP contribution in [0.5, 0.6) is 5.75 Å². The van der Waals surface area contributed by atoms with Crippen molar-refractivity contribution in [3.05, 3.63) is 93.5 Å². The van der Waals surface area contributed by atoms with Crippen molar-refractivity contribution in [2.75, 3.05) is 11.4 Å². The Balaban J connectivity index is 1.70. The molecular formula is C26H21BrN2O2. The summed E-state index contributed by atoms with van der Waals surface area (Å²) in [6, 6.07) is 23.2. The number of amides is 1. The van der Waals surface area contributed by atoms with Gasteiger partial charge in [0.1, 0.15) is 12.4 Å². The normalized spacial score (nSPS) is 13.9. The summed E-state index contributed by atoms with van der Waals surface area (Å²) in [6.45, 7) is 3.02. The molecule has 0 unspecified atom stereocenters. The number of para-hydroxylation sites is 1. The van der Waals surface area contributed by atoms with Gasteiger partial charge in [-0.15, -0.1) is 0 Å². The molecule has 1 aliphatic rings. The lowest BCUT2D eigenvalue weighted by Crippen LogP contribution is -2.26. The van der Waals surface area contributed by atoms with Gasteiger partial charge < -0.3 is 9.64 Å². The molecule has 0 atom stereocenters. The topological polar surface area (TPSA) is 53.3 Å². The van der Waals surface area contributed by atoms with Gasteiger partial charge in [-0.2, -0.15) is 5.26 Å². The average Bonchev–Trinajstić information content (AvgIpc) is 3.05. The van der Waals surface area contributed by atoms with Crippen LogP contribution in [0.15, 0.2) is 71.2 Å². The van der Waals surface area contributed by atoms with E-state index in [9.17, 15) is 10.1 Å². The van der Waals surface area contributed by atoms with E-state index in [0.29, 0.717) is 23.4 Å². The number of anilines is 1. The molecule has 0 radical (unpaired) electrons. The predicted octanol–water partition coefficient (Wildman–Crippen LogP) is 6.20. The van der Waals surface area contributed by atoms with E-state index < -0.39 is 0 Å². The molecule has 3 aromatic rings. The summed E-state index contributed by atoms with van der Waals surface area (Å²) in [4.78, 5) is 15.0. The van der Waals surface area contributed by atoms with E-state index in [2.05, 4.69) is 28.9 Å². The highest BCUT2D eigenvalue weighted by Crippen LogP contribution is 2.39. The van der Waals surface area contributed by atoms with Crippen molar-refractivity contribution in [3.63, 3.8) is 0 Å². The van der Waals surface area contributed by atoms with Gasteiger partial charge in [0.05, 0.1) is 17.3 Å². The van der Waals surface area contributed by atoms with Crippen molar-refractivity contribution in [1.29, 1.82) is 5.26 Å². The van der Waals surface area contributed by atoms with Crippen molar-refractivity contribution in [2.24, 2.45) is 0 Å². The Morgan fingerprint density at radius 1 is 1.10 bits per heavy atom. The van der Waals surface area contributed by atoms with Crippen LogP contribution in [0, 0.1) is 11.3 Å². The van der Waals surface area contributed by atoms with Gasteiger partial charge in [-0.1, -0.05) is 59.3 Å². The number of carbonyl (C=O) groups is 1. The summed E-state index contributed by atoms with van der Waals surface area (Å²) < 4.78 is 6.98. The SMILES string of the molecule is CCCN1C(=O)/C(=C\c2cc(Br)ccc2OCc2ccccc2C#N)c2ccccc21. The molecule has 1 aliphatic heterocycles. The smallest absolute Gasteiger partial charge is 0.258 e. The highest BCUT2D eigenvalue weighted by Gasteiger charge is 2.31. The fourth-order valence-electron chi connectivity index (χ4n) is 3.72. The fourth-order valence-corrected chi connectivity index (χ4v) is 4.10. The number of carbonyl (C=O) groups excluding carboxylic acids is 1. The van der Waals surface area contributed by atoms with Gasteiger partial charge in [0.2, 0.25) is 0 Å². The number of benzene rings is 3. The summed E-state index contributed by atoms with van der Waals surface area (Å²) in [7, 11) is 0. The third-order valence-corrected chi connectivity index (χ3v) is 5.69. The first-order valence-corrected chi connectivity index (χ1v) is 10.9. The summed E-state index contributed by atoms with van der Waals surface area (Å²) in [5, 5.41) is 9.32. The first-order chi connectivity index (χ1) is 15.1. The van der Waals surface area contributed by atoms with Crippen LogP contribution < -0.4 is 9.64 Å². The zero-order chi connectivity index (χ0) is 21.8. The molecule has 0 bridgehead atoms. The van der Waals surface area contributed by atoms with Crippen LogP contribution in [0.2, 0.25) is 0 Å². The van der Waals surface area contributed by atoms with Gasteiger partial charge in [0, 0.05) is 33.3 Å². The number of rotatable bonds is 6. The number of nitrogens with zero attached hydrogens (tertiary/aromatic N) is 2. The number of fused-ring (bicyclic) bond motifs is 1. The van der Waals surface area contributed by atoms with Crippen LogP contribution in [0.25, 0.3) is 11.6 Å². The van der Waals surface area contributed by atoms with Gasteiger partial charge in [0.15, 0.2) is 0 Å². The van der Waals surface area contributed by atoms with Gasteiger partial charge in [-0.3, -0.25) is 4.79 Å². The monoisotopic (exact) mass is 472 g/mol. The lowest BCUT2D eigenvalue weighted by atomic mass is 10.0. The molecule has 0 fully saturated rings. The second-order valence-electron chi connectivity index (χ2n) is 7.27. The van der Waals surface area contributed by atoms with Crippen molar-refractivity contribution in [2.45, 2.75) is 20.0 Å². The van der Waals surface area contributed by atoms with Crippen molar-refractivity contribution in [1.82, 2.24) is 0 Å². The molecule has 31 heavy (non-hydrogen) atoms. The Hall–Kier alpha value is -3.36. The van der Waals surface area contributed by atoms with Crippen LogP contribution in [-0.4, -0.2) is 12.5 Å². The minimum atomic E-state index is 0.00352. The van der Waals surface area contributed by atoms with Crippen molar-refractivity contribution in [3.8, 4) is 11.8 Å². The molecule has 3 aromatic carbocycles. The number of halogens is 1. The number of ether oxygens (including phenoxy) is 1. The largest absolute Gasteiger partial charge is 0.488 e. The van der Waals surface area contributed by atoms with E-state index in [1.807, 2.05) is 71.6 Å². The first-order valence-electron chi connectivity index (χ1n) is 10.2. The molecule has 0 spiro atoms. The molecule has 154 valence electrons. The van der Waals surface area contributed by atoms with E-state index in [1.165, 1.54) is 0 Å². The van der Waals surface area contributed by atoms with E-state index >= 15 is 0 Å². The van der Waals surface area contributed by atoms with Crippen LogP contribution in [0.4, 0.5) is 5.69 Å². The van der Waals surface area contributed by atoms with Gasteiger partial charge in [-0.05, 0) is 42.8 Å². The van der Waals surface area contributed by atoms with Gasteiger partial charge >= 0.3 is 0 Å². The van der Waals surface area contributed by atoms with E-state index in [4.69, 9.17) is 4.74 Å². The summed E-state index contributed by atoms with van der Waals surface area (Å²) in [5.74, 6) is 0.659. The zero-order valence-corrected chi connectivity index (χ0v) is 18.7. The molecule has 5 heteroatoms. The molecule has 4 nitrogen and oxygen atoms in total. The molecule has 1 heterocycles. The molecule has 0 saturated carbocycles. The molecule has 0 aliphatic carbocycles. The lowest BCUT2D eigenvalue weighted by molar-refractivity contribution is -0.113. The van der Waals surface area contributed by atoms with Crippen LogP contribution in [-0.2, 0) is 11.4 Å². The minimum Gasteiger partial charge on any atom is -0.488 e. The Morgan fingerprint density at radius 2 is 1.87 bits per heavy atom. The maximum atomic E-state index is 13.2. The van der Waals surface area contributed by atoms with E-state index in [-0.39, 0.29) is 12.5 Å². The van der Waals surface area contributed by atoms with Gasteiger partial charge in [0.25, 0.3) is 5.91 Å². The molecule has 0 N–H and O–H groups in total. The van der Waals surface area contributed by atoms with E-state index in [1.54, 1.807) is 6.07 Å². The molecule has 0 saturated heterocycles. The van der Waals surface area contributed by atoms with Crippen LogP contribution in [0.1, 0.15) is 35.6 Å². The maximum Gasteiger partial charge on any atom is 0.258 e. The summed E-state index contributed by atoms with van der Waals surface area (Å²) in [5.41, 5.74) is 4.75. The Labute approximate surface area is 190 Å². The molecular weight excluding hydrogens is 452 g/mol. The van der Waals surface area contributed by atoms with Crippen molar-refractivity contribution < 1.29 is 9.53 Å². The second kappa shape index (κ2) is 9.20. The maximum absolute atomic E-state index is 13.2. The number of nitriles is 1.